The number of carbonyl (C=O) groups is 1. The molecule has 1 heterocycles. The summed E-state index contributed by atoms with van der Waals surface area (Å²) in [5, 5.41) is 11.6. The predicted molar refractivity (Wildman–Crippen MR) is 116 cm³/mol. The fourth-order valence-electron chi connectivity index (χ4n) is 3.10. The van der Waals surface area contributed by atoms with E-state index in [1.807, 2.05) is 40.1 Å². The first-order valence-corrected chi connectivity index (χ1v) is 10.3. The summed E-state index contributed by atoms with van der Waals surface area (Å²) in [6.07, 6.45) is 0.297. The van der Waals surface area contributed by atoms with Gasteiger partial charge in [0.2, 0.25) is 5.91 Å². The summed E-state index contributed by atoms with van der Waals surface area (Å²) in [6, 6.07) is 10.7. The molecule has 7 nitrogen and oxygen atoms in total. The van der Waals surface area contributed by atoms with E-state index in [-0.39, 0.29) is 11.6 Å². The lowest BCUT2D eigenvalue weighted by Crippen LogP contribution is -3.06. The van der Waals surface area contributed by atoms with Gasteiger partial charge in [0.05, 0.1) is 48.7 Å². The average Bonchev–Trinajstić information content (AvgIpc) is 3.06. The van der Waals surface area contributed by atoms with Gasteiger partial charge in [-0.1, -0.05) is 35.1 Å². The lowest BCUT2D eigenvalue weighted by Gasteiger charge is -2.21. The van der Waals surface area contributed by atoms with Gasteiger partial charge in [0.15, 0.2) is 5.13 Å². The van der Waals surface area contributed by atoms with Gasteiger partial charge >= 0.3 is 0 Å². The van der Waals surface area contributed by atoms with E-state index in [0.717, 1.165) is 17.7 Å². The molecule has 8 heteroatoms. The van der Waals surface area contributed by atoms with E-state index in [1.165, 1.54) is 33.9 Å². The average molecular weight is 414 g/mol. The van der Waals surface area contributed by atoms with Crippen LogP contribution in [0.25, 0.3) is 10.2 Å². The van der Waals surface area contributed by atoms with Crippen LogP contribution >= 0.6 is 11.3 Å². The number of benzene rings is 2. The van der Waals surface area contributed by atoms with E-state index in [0.29, 0.717) is 28.3 Å². The number of anilines is 1. The first kappa shape index (κ1) is 20.9. The zero-order valence-corrected chi connectivity index (χ0v) is 17.9. The Morgan fingerprint density at radius 3 is 2.62 bits per heavy atom. The smallest absolute Gasteiger partial charge is 0.270 e. The molecular weight excluding hydrogens is 388 g/mol. The number of likely N-dealkylation sites (N-methyl/N-ethyl adjacent to an activating group) is 1. The lowest BCUT2D eigenvalue weighted by atomic mass is 10.0. The van der Waals surface area contributed by atoms with Crippen molar-refractivity contribution in [2.45, 2.75) is 20.3 Å². The number of fused-ring (bicyclic) bond motifs is 1. The summed E-state index contributed by atoms with van der Waals surface area (Å²) in [5.41, 5.74) is 3.95. The first-order valence-electron chi connectivity index (χ1n) is 9.45. The number of nitro benzene ring substituents is 1. The Bertz CT molecular complexity index is 1060. The van der Waals surface area contributed by atoms with Gasteiger partial charge in [-0.05, 0) is 31.0 Å². The largest absolute Gasteiger partial charge is 0.338 e. The monoisotopic (exact) mass is 413 g/mol. The number of nitrogens with zero attached hydrogens (tertiary/aromatic N) is 3. The third kappa shape index (κ3) is 4.96. The number of nitro groups is 1. The minimum atomic E-state index is -0.419. The maximum atomic E-state index is 13.2. The minimum Gasteiger partial charge on any atom is -0.338 e. The van der Waals surface area contributed by atoms with Crippen LogP contribution < -0.4 is 9.80 Å². The van der Waals surface area contributed by atoms with Gasteiger partial charge in [-0.2, -0.15) is 0 Å². The Kier molecular flexibility index (Phi) is 6.24. The maximum absolute atomic E-state index is 13.2. The maximum Gasteiger partial charge on any atom is 0.270 e. The van der Waals surface area contributed by atoms with Crippen molar-refractivity contribution >= 4 is 38.3 Å². The third-order valence-electron chi connectivity index (χ3n) is 4.78. The van der Waals surface area contributed by atoms with E-state index in [2.05, 4.69) is 11.1 Å². The molecule has 0 atom stereocenters. The van der Waals surface area contributed by atoms with Gasteiger partial charge in [-0.3, -0.25) is 19.8 Å². The number of hydrogen-bond acceptors (Lipinski definition) is 5. The fraction of sp³-hybridized carbons (Fsp3) is 0.333. The van der Waals surface area contributed by atoms with Gasteiger partial charge in [-0.25, -0.2) is 4.98 Å². The summed E-state index contributed by atoms with van der Waals surface area (Å²) >= 11 is 1.31. The highest BCUT2D eigenvalue weighted by Crippen LogP contribution is 2.31. The molecule has 0 saturated heterocycles. The molecule has 0 saturated carbocycles. The fourth-order valence-corrected chi connectivity index (χ4v) is 4.14. The van der Waals surface area contributed by atoms with Gasteiger partial charge in [0.25, 0.3) is 5.69 Å². The highest BCUT2D eigenvalue weighted by Gasteiger charge is 2.22. The molecule has 3 rings (SSSR count). The molecule has 0 fully saturated rings. The summed E-state index contributed by atoms with van der Waals surface area (Å²) in [7, 11) is 4.07. The van der Waals surface area contributed by atoms with Crippen molar-refractivity contribution in [3.8, 4) is 0 Å². The summed E-state index contributed by atoms with van der Waals surface area (Å²) in [4.78, 5) is 31.3. The molecule has 1 aromatic heterocycles. The van der Waals surface area contributed by atoms with Crippen LogP contribution in [0.4, 0.5) is 10.8 Å². The van der Waals surface area contributed by atoms with E-state index < -0.39 is 4.92 Å². The van der Waals surface area contributed by atoms with Crippen molar-refractivity contribution in [2.75, 3.05) is 32.1 Å². The molecule has 0 aliphatic rings. The van der Waals surface area contributed by atoms with Crippen LogP contribution in [-0.2, 0) is 11.2 Å². The number of nitrogens with one attached hydrogen (secondary N) is 1. The SMILES string of the molecule is Cc1ccc(CC(=O)N(CC[NH+](C)C)c2nc3ccc([N+](=O)[O-])cc3s2)c(C)c1. The molecule has 1 N–H and O–H groups in total. The summed E-state index contributed by atoms with van der Waals surface area (Å²) < 4.78 is 0.704. The molecule has 0 bridgehead atoms. The van der Waals surface area contributed by atoms with E-state index in [1.54, 1.807) is 11.0 Å². The van der Waals surface area contributed by atoms with Gasteiger partial charge < -0.3 is 4.90 Å². The van der Waals surface area contributed by atoms with Gasteiger partial charge in [-0.15, -0.1) is 0 Å². The van der Waals surface area contributed by atoms with Crippen LogP contribution in [0.2, 0.25) is 0 Å². The van der Waals surface area contributed by atoms with Crippen molar-refractivity contribution in [2.24, 2.45) is 0 Å². The quantitative estimate of drug-likeness (QED) is 0.477. The van der Waals surface area contributed by atoms with Crippen molar-refractivity contribution in [3.63, 3.8) is 0 Å². The number of hydrogen-bond donors (Lipinski definition) is 1. The van der Waals surface area contributed by atoms with Crippen molar-refractivity contribution < 1.29 is 14.6 Å². The second kappa shape index (κ2) is 8.67. The van der Waals surface area contributed by atoms with Crippen molar-refractivity contribution in [1.29, 1.82) is 0 Å². The van der Waals surface area contributed by atoms with Crippen LogP contribution in [0, 0.1) is 24.0 Å². The Morgan fingerprint density at radius 1 is 1.21 bits per heavy atom. The zero-order chi connectivity index (χ0) is 21.1. The lowest BCUT2D eigenvalue weighted by molar-refractivity contribution is -0.856. The number of carbonyl (C=O) groups excluding carboxylic acids is 1. The highest BCUT2D eigenvalue weighted by atomic mass is 32.1. The molecular formula is C21H25N4O3S+. The Labute approximate surface area is 173 Å². The van der Waals surface area contributed by atoms with Crippen LogP contribution in [-0.4, -0.2) is 43.0 Å². The number of aryl methyl sites for hydroxylation is 2. The van der Waals surface area contributed by atoms with Crippen LogP contribution in [0.15, 0.2) is 36.4 Å². The molecule has 152 valence electrons. The number of thiazole rings is 1. The van der Waals surface area contributed by atoms with E-state index in [9.17, 15) is 14.9 Å². The molecule has 0 aliphatic carbocycles. The topological polar surface area (TPSA) is 80.8 Å². The standard InChI is InChI=1S/C21H24N4O3S/c1-14-5-6-16(15(2)11-14)12-20(26)24(10-9-23(3)4)21-22-18-8-7-17(25(27)28)13-19(18)29-21/h5-8,11,13H,9-10,12H2,1-4H3/p+1. The molecule has 0 aliphatic heterocycles. The second-order valence-electron chi connectivity index (χ2n) is 7.51. The molecule has 0 spiro atoms. The number of amides is 1. The normalized spacial score (nSPS) is 11.2. The molecule has 2 aromatic carbocycles. The number of quaternary nitrogens is 1. The van der Waals surface area contributed by atoms with Gasteiger partial charge in [0, 0.05) is 12.1 Å². The second-order valence-corrected chi connectivity index (χ2v) is 8.52. The van der Waals surface area contributed by atoms with E-state index in [4.69, 9.17) is 0 Å². The minimum absolute atomic E-state index is 0.0215. The highest BCUT2D eigenvalue weighted by molar-refractivity contribution is 7.22. The molecule has 29 heavy (non-hydrogen) atoms. The first-order chi connectivity index (χ1) is 13.7. The predicted octanol–water partition coefficient (Wildman–Crippen LogP) is 2.54. The molecule has 1 amide bonds. The van der Waals surface area contributed by atoms with Crippen molar-refractivity contribution in [3.05, 3.63) is 63.2 Å². The summed E-state index contributed by atoms with van der Waals surface area (Å²) in [6.45, 7) is 5.36. The van der Waals surface area contributed by atoms with Crippen molar-refractivity contribution in [1.82, 2.24) is 4.98 Å². The zero-order valence-electron chi connectivity index (χ0n) is 17.1. The number of aromatic nitrogens is 1. The number of non-ortho nitro benzene ring substituents is 1. The summed E-state index contributed by atoms with van der Waals surface area (Å²) in [5.74, 6) is -0.0215. The molecule has 0 radical (unpaired) electrons. The molecule has 3 aromatic rings. The van der Waals surface area contributed by atoms with Crippen LogP contribution in [0.3, 0.4) is 0 Å². The molecule has 0 unspecified atom stereocenters. The van der Waals surface area contributed by atoms with Gasteiger partial charge in [0.1, 0.15) is 0 Å². The third-order valence-corrected chi connectivity index (χ3v) is 5.82. The van der Waals surface area contributed by atoms with Crippen LogP contribution in [0.5, 0.6) is 0 Å². The van der Waals surface area contributed by atoms with E-state index >= 15 is 0 Å². The Hall–Kier alpha value is -2.84. The number of rotatable bonds is 7. The van der Waals surface area contributed by atoms with Crippen LogP contribution in [0.1, 0.15) is 16.7 Å². The Balaban J connectivity index is 1.92. The Morgan fingerprint density at radius 2 is 1.97 bits per heavy atom.